The van der Waals surface area contributed by atoms with Crippen molar-refractivity contribution >= 4 is 10.0 Å². The molecule has 1 aliphatic heterocycles. The molecular weight excluding hydrogens is 288 g/mol. The predicted octanol–water partition coefficient (Wildman–Crippen LogP) is 1.90. The maximum absolute atomic E-state index is 12.9. The largest absolute Gasteiger partial charge is 0.377 e. The Balaban J connectivity index is 2.53. The van der Waals surface area contributed by atoms with Gasteiger partial charge in [-0.25, -0.2) is 8.42 Å². The molecule has 1 atom stereocenters. The van der Waals surface area contributed by atoms with Gasteiger partial charge < -0.3 is 4.74 Å². The molecule has 1 saturated heterocycles. The summed E-state index contributed by atoms with van der Waals surface area (Å²) in [6.45, 7) is 6.56. The van der Waals surface area contributed by atoms with Gasteiger partial charge in [0.05, 0.1) is 24.2 Å². The fourth-order valence-corrected chi connectivity index (χ4v) is 4.33. The summed E-state index contributed by atoms with van der Waals surface area (Å²) in [6, 6.07) is 8.23. The fraction of sp³-hybridized carbons (Fsp3) is 0.533. The van der Waals surface area contributed by atoms with Gasteiger partial charge in [-0.15, -0.1) is 0 Å². The Bertz CT molecular complexity index is 656. The van der Waals surface area contributed by atoms with Crippen LogP contribution in [-0.4, -0.2) is 38.5 Å². The third-order valence-electron chi connectivity index (χ3n) is 3.51. The number of hydrogen-bond donors (Lipinski definition) is 0. The van der Waals surface area contributed by atoms with Crippen molar-refractivity contribution in [1.29, 1.82) is 5.26 Å². The highest BCUT2D eigenvalue weighted by atomic mass is 32.2. The molecule has 0 bridgehead atoms. The van der Waals surface area contributed by atoms with Crippen LogP contribution in [0.15, 0.2) is 29.2 Å². The van der Waals surface area contributed by atoms with E-state index in [1.54, 1.807) is 12.1 Å². The average molecular weight is 308 g/mol. The van der Waals surface area contributed by atoms with Crippen molar-refractivity contribution in [2.75, 3.05) is 19.8 Å². The smallest absolute Gasteiger partial charge is 0.244 e. The predicted molar refractivity (Wildman–Crippen MR) is 79.3 cm³/mol. The van der Waals surface area contributed by atoms with Gasteiger partial charge in [-0.1, -0.05) is 39.0 Å². The third-order valence-corrected chi connectivity index (χ3v) is 5.48. The number of sulfonamides is 1. The average Bonchev–Trinajstić information content (AvgIpc) is 2.46. The molecule has 1 fully saturated rings. The monoisotopic (exact) mass is 308 g/mol. The molecule has 0 saturated carbocycles. The first-order valence-electron chi connectivity index (χ1n) is 6.87. The lowest BCUT2D eigenvalue weighted by Gasteiger charge is -2.32. The van der Waals surface area contributed by atoms with Crippen LogP contribution < -0.4 is 0 Å². The number of morpholine rings is 1. The van der Waals surface area contributed by atoms with Crippen molar-refractivity contribution in [3.05, 3.63) is 29.8 Å². The topological polar surface area (TPSA) is 70.4 Å². The Morgan fingerprint density at radius 3 is 2.62 bits per heavy atom. The lowest BCUT2D eigenvalue weighted by atomic mass is 9.87. The zero-order valence-electron chi connectivity index (χ0n) is 12.5. The molecule has 0 aromatic heterocycles. The minimum atomic E-state index is -3.71. The van der Waals surface area contributed by atoms with Crippen LogP contribution in [0.2, 0.25) is 0 Å². The maximum atomic E-state index is 12.9. The van der Waals surface area contributed by atoms with Gasteiger partial charge in [0.2, 0.25) is 10.0 Å². The molecule has 0 aliphatic carbocycles. The molecular formula is C15H20N2O3S. The molecule has 0 amide bonds. The van der Waals surface area contributed by atoms with E-state index >= 15 is 0 Å². The van der Waals surface area contributed by atoms with Crippen molar-refractivity contribution in [2.45, 2.75) is 37.1 Å². The van der Waals surface area contributed by atoms with Gasteiger partial charge in [0.15, 0.2) is 0 Å². The van der Waals surface area contributed by atoms with E-state index < -0.39 is 16.1 Å². The first-order chi connectivity index (χ1) is 9.78. The lowest BCUT2D eigenvalue weighted by molar-refractivity contribution is 0.0511. The van der Waals surface area contributed by atoms with Crippen LogP contribution in [-0.2, 0) is 20.2 Å². The van der Waals surface area contributed by atoms with Crippen LogP contribution in [0.4, 0.5) is 0 Å². The van der Waals surface area contributed by atoms with Gasteiger partial charge in [-0.05, 0) is 17.0 Å². The molecule has 0 N–H and O–H groups in total. The summed E-state index contributed by atoms with van der Waals surface area (Å²) < 4.78 is 32.3. The summed E-state index contributed by atoms with van der Waals surface area (Å²) in [7, 11) is -3.71. The van der Waals surface area contributed by atoms with Crippen molar-refractivity contribution in [3.63, 3.8) is 0 Å². The summed E-state index contributed by atoms with van der Waals surface area (Å²) in [5.41, 5.74) is 0.464. The maximum Gasteiger partial charge on any atom is 0.244 e. The summed E-state index contributed by atoms with van der Waals surface area (Å²) in [4.78, 5) is 0.277. The molecule has 0 radical (unpaired) electrons. The van der Waals surface area contributed by atoms with Gasteiger partial charge in [0, 0.05) is 6.54 Å². The number of nitriles is 1. The molecule has 1 aliphatic rings. The van der Waals surface area contributed by atoms with Crippen molar-refractivity contribution in [1.82, 2.24) is 4.31 Å². The van der Waals surface area contributed by atoms with Crippen LogP contribution in [0.5, 0.6) is 0 Å². The standard InChI is InChI=1S/C15H20N2O3S/c1-15(2,3)13-6-4-5-7-14(13)21(18,19)17-8-9-20-11-12(17)10-16/h4-7,12H,8-9,11H2,1-3H3. The number of ether oxygens (including phenoxy) is 1. The second-order valence-electron chi connectivity index (χ2n) is 6.08. The van der Waals surface area contributed by atoms with Gasteiger partial charge in [-0.2, -0.15) is 9.57 Å². The number of rotatable bonds is 2. The molecule has 114 valence electrons. The molecule has 21 heavy (non-hydrogen) atoms. The van der Waals surface area contributed by atoms with E-state index in [0.29, 0.717) is 6.61 Å². The summed E-state index contributed by atoms with van der Waals surface area (Å²) in [5, 5.41) is 9.16. The summed E-state index contributed by atoms with van der Waals surface area (Å²) in [5.74, 6) is 0. The number of nitrogens with zero attached hydrogens (tertiary/aromatic N) is 2. The van der Waals surface area contributed by atoms with E-state index in [1.165, 1.54) is 4.31 Å². The summed E-state index contributed by atoms with van der Waals surface area (Å²) >= 11 is 0. The first-order valence-corrected chi connectivity index (χ1v) is 8.31. The highest BCUT2D eigenvalue weighted by Crippen LogP contribution is 2.31. The van der Waals surface area contributed by atoms with Crippen LogP contribution in [0.3, 0.4) is 0 Å². The minimum absolute atomic E-state index is 0.118. The van der Waals surface area contributed by atoms with Gasteiger partial charge in [-0.3, -0.25) is 0 Å². The Hall–Kier alpha value is -1.42. The molecule has 1 aromatic rings. The van der Waals surface area contributed by atoms with Crippen molar-refractivity contribution in [3.8, 4) is 6.07 Å². The molecule has 1 unspecified atom stereocenters. The van der Waals surface area contributed by atoms with E-state index in [-0.39, 0.29) is 23.5 Å². The Labute approximate surface area is 126 Å². The molecule has 2 rings (SSSR count). The van der Waals surface area contributed by atoms with Crippen molar-refractivity contribution < 1.29 is 13.2 Å². The number of hydrogen-bond acceptors (Lipinski definition) is 4. The Morgan fingerprint density at radius 1 is 1.33 bits per heavy atom. The highest BCUT2D eigenvalue weighted by molar-refractivity contribution is 7.89. The van der Waals surface area contributed by atoms with E-state index in [2.05, 4.69) is 0 Å². The lowest BCUT2D eigenvalue weighted by Crippen LogP contribution is -2.48. The van der Waals surface area contributed by atoms with Gasteiger partial charge >= 0.3 is 0 Å². The van der Waals surface area contributed by atoms with Gasteiger partial charge in [0.25, 0.3) is 0 Å². The first kappa shape index (κ1) is 16.0. The van der Waals surface area contributed by atoms with E-state index in [0.717, 1.165) is 5.56 Å². The molecule has 0 spiro atoms. The van der Waals surface area contributed by atoms with E-state index in [1.807, 2.05) is 39.0 Å². The zero-order chi connectivity index (χ0) is 15.7. The second kappa shape index (κ2) is 5.76. The fourth-order valence-electron chi connectivity index (χ4n) is 2.42. The summed E-state index contributed by atoms with van der Waals surface area (Å²) in [6.07, 6.45) is 0. The van der Waals surface area contributed by atoms with Crippen molar-refractivity contribution in [2.24, 2.45) is 0 Å². The van der Waals surface area contributed by atoms with Crippen LogP contribution in [0.1, 0.15) is 26.3 Å². The van der Waals surface area contributed by atoms with Crippen LogP contribution in [0, 0.1) is 11.3 Å². The van der Waals surface area contributed by atoms with Gasteiger partial charge in [0.1, 0.15) is 6.04 Å². The molecule has 1 heterocycles. The van der Waals surface area contributed by atoms with E-state index in [4.69, 9.17) is 10.00 Å². The van der Waals surface area contributed by atoms with E-state index in [9.17, 15) is 8.42 Å². The Kier molecular flexibility index (Phi) is 4.38. The second-order valence-corrected chi connectivity index (χ2v) is 7.94. The number of benzene rings is 1. The Morgan fingerprint density at radius 2 is 2.00 bits per heavy atom. The van der Waals surface area contributed by atoms with Crippen LogP contribution in [0.25, 0.3) is 0 Å². The highest BCUT2D eigenvalue weighted by Gasteiger charge is 2.36. The SMILES string of the molecule is CC(C)(C)c1ccccc1S(=O)(=O)N1CCOCC1C#N. The zero-order valence-corrected chi connectivity index (χ0v) is 13.4. The minimum Gasteiger partial charge on any atom is -0.377 e. The molecule has 5 nitrogen and oxygen atoms in total. The molecule has 1 aromatic carbocycles. The normalized spacial score (nSPS) is 21.0. The van der Waals surface area contributed by atoms with Crippen LogP contribution >= 0.6 is 0 Å². The molecule has 6 heteroatoms. The quantitative estimate of drug-likeness (QED) is 0.836. The third kappa shape index (κ3) is 3.10.